The third-order valence-electron chi connectivity index (χ3n) is 4.41. The van der Waals surface area contributed by atoms with Gasteiger partial charge in [-0.1, -0.05) is 48.9 Å². The third-order valence-corrected chi connectivity index (χ3v) is 7.40. The van der Waals surface area contributed by atoms with E-state index in [2.05, 4.69) is 69.7 Å². The Kier molecular flexibility index (Phi) is 5.94. The Morgan fingerprint density at radius 2 is 1.96 bits per heavy atom. The number of nitrogens with zero attached hydrogens (tertiary/aromatic N) is 4. The fraction of sp³-hybridized carbons (Fsp3) is 0.286. The lowest BCUT2D eigenvalue weighted by Crippen LogP contribution is -1.94. The van der Waals surface area contributed by atoms with Crippen molar-refractivity contribution in [3.8, 4) is 22.0 Å². The number of thioether (sulfide) groups is 1. The first-order valence-corrected chi connectivity index (χ1v) is 12.0. The van der Waals surface area contributed by atoms with Crippen molar-refractivity contribution in [3.63, 3.8) is 0 Å². The quantitative estimate of drug-likeness (QED) is 0.329. The summed E-state index contributed by atoms with van der Waals surface area (Å²) in [7, 11) is 2.04. The van der Waals surface area contributed by atoms with E-state index < -0.39 is 0 Å². The Balaban J connectivity index is 1.45. The van der Waals surface area contributed by atoms with Crippen LogP contribution in [0, 0.1) is 6.92 Å². The van der Waals surface area contributed by atoms with Crippen LogP contribution >= 0.6 is 34.4 Å². The molecule has 0 radical (unpaired) electrons. The Labute approximate surface area is 177 Å². The van der Waals surface area contributed by atoms with Crippen molar-refractivity contribution in [2.24, 2.45) is 7.05 Å². The van der Waals surface area contributed by atoms with Crippen LogP contribution in [-0.2, 0) is 19.2 Å². The number of aromatic nitrogens is 4. The molecule has 0 saturated carbocycles. The van der Waals surface area contributed by atoms with Crippen molar-refractivity contribution in [1.82, 2.24) is 19.7 Å². The van der Waals surface area contributed by atoms with Crippen LogP contribution in [-0.4, -0.2) is 19.7 Å². The van der Waals surface area contributed by atoms with E-state index in [-0.39, 0.29) is 0 Å². The van der Waals surface area contributed by atoms with Gasteiger partial charge in [-0.15, -0.1) is 32.9 Å². The standard InChI is InChI=1S/C21H22N4S3/c1-4-6-18-10-16(11-26-18)19-23-24-21(25(19)3)28-13-17-12-27-20(22-17)15-8-5-7-14(2)9-15/h5,7-12H,4,6,13H2,1-3H3. The fourth-order valence-corrected chi connectivity index (χ4v) is 5.68. The summed E-state index contributed by atoms with van der Waals surface area (Å²) in [4.78, 5) is 6.20. The van der Waals surface area contributed by atoms with Gasteiger partial charge in [0.1, 0.15) is 5.01 Å². The lowest BCUT2D eigenvalue weighted by atomic mass is 10.1. The van der Waals surface area contributed by atoms with Gasteiger partial charge in [0.25, 0.3) is 0 Å². The Morgan fingerprint density at radius 1 is 1.07 bits per heavy atom. The molecule has 3 heterocycles. The van der Waals surface area contributed by atoms with Crippen molar-refractivity contribution in [2.45, 2.75) is 37.6 Å². The molecule has 0 atom stereocenters. The molecule has 1 aromatic carbocycles. The maximum absolute atomic E-state index is 4.80. The van der Waals surface area contributed by atoms with Gasteiger partial charge in [0.2, 0.25) is 0 Å². The zero-order valence-corrected chi connectivity index (χ0v) is 18.6. The zero-order valence-electron chi connectivity index (χ0n) is 16.2. The van der Waals surface area contributed by atoms with Gasteiger partial charge in [0, 0.05) is 39.6 Å². The van der Waals surface area contributed by atoms with E-state index in [4.69, 9.17) is 4.98 Å². The molecule has 0 aliphatic rings. The minimum absolute atomic E-state index is 0.791. The number of thiophene rings is 1. The van der Waals surface area contributed by atoms with E-state index in [0.29, 0.717) is 0 Å². The third kappa shape index (κ3) is 4.21. The molecule has 0 amide bonds. The number of rotatable bonds is 7. The Hall–Kier alpha value is -1.96. The molecular weight excluding hydrogens is 404 g/mol. The summed E-state index contributed by atoms with van der Waals surface area (Å²) in [5.41, 5.74) is 4.68. The van der Waals surface area contributed by atoms with Gasteiger partial charge >= 0.3 is 0 Å². The van der Waals surface area contributed by atoms with E-state index >= 15 is 0 Å². The van der Waals surface area contributed by atoms with Crippen molar-refractivity contribution < 1.29 is 0 Å². The Bertz CT molecular complexity index is 1080. The van der Waals surface area contributed by atoms with E-state index in [1.807, 2.05) is 7.05 Å². The number of aryl methyl sites for hydroxylation is 2. The normalized spacial score (nSPS) is 11.2. The first-order chi connectivity index (χ1) is 13.6. The number of benzene rings is 1. The summed E-state index contributed by atoms with van der Waals surface area (Å²) < 4.78 is 2.08. The van der Waals surface area contributed by atoms with Gasteiger partial charge < -0.3 is 4.57 Å². The molecule has 0 spiro atoms. The zero-order chi connectivity index (χ0) is 19.5. The fourth-order valence-electron chi connectivity index (χ4n) is 2.99. The topological polar surface area (TPSA) is 43.6 Å². The number of hydrogen-bond donors (Lipinski definition) is 0. The van der Waals surface area contributed by atoms with E-state index in [9.17, 15) is 0 Å². The predicted molar refractivity (Wildman–Crippen MR) is 120 cm³/mol. The SMILES string of the molecule is CCCc1cc(-c2nnc(SCc3csc(-c4cccc(C)c4)n3)n2C)cs1. The van der Waals surface area contributed by atoms with Crippen LogP contribution in [0.25, 0.3) is 22.0 Å². The first kappa shape index (κ1) is 19.4. The summed E-state index contributed by atoms with van der Waals surface area (Å²) in [6.07, 6.45) is 2.29. The second kappa shape index (κ2) is 8.59. The highest BCUT2D eigenvalue weighted by molar-refractivity contribution is 7.98. The molecule has 0 fully saturated rings. The van der Waals surface area contributed by atoms with Crippen LogP contribution in [0.15, 0.2) is 46.2 Å². The van der Waals surface area contributed by atoms with Crippen molar-refractivity contribution in [3.05, 3.63) is 57.2 Å². The van der Waals surface area contributed by atoms with E-state index in [1.54, 1.807) is 34.4 Å². The van der Waals surface area contributed by atoms with Crippen LogP contribution in [0.2, 0.25) is 0 Å². The maximum atomic E-state index is 4.80. The summed E-state index contributed by atoms with van der Waals surface area (Å²) in [6.45, 7) is 4.32. The molecule has 0 aliphatic heterocycles. The van der Waals surface area contributed by atoms with E-state index in [0.717, 1.165) is 45.8 Å². The monoisotopic (exact) mass is 426 g/mol. The van der Waals surface area contributed by atoms with Gasteiger partial charge in [0.15, 0.2) is 11.0 Å². The highest BCUT2D eigenvalue weighted by Crippen LogP contribution is 2.30. The molecule has 0 unspecified atom stereocenters. The molecule has 4 nitrogen and oxygen atoms in total. The minimum Gasteiger partial charge on any atom is -0.305 e. The largest absolute Gasteiger partial charge is 0.305 e. The second-order valence-corrected chi connectivity index (χ2v) is 9.52. The highest BCUT2D eigenvalue weighted by atomic mass is 32.2. The molecule has 28 heavy (non-hydrogen) atoms. The number of thiazole rings is 1. The molecule has 0 saturated heterocycles. The molecule has 0 bridgehead atoms. The van der Waals surface area contributed by atoms with Crippen LogP contribution in [0.5, 0.6) is 0 Å². The molecular formula is C21H22N4S3. The van der Waals surface area contributed by atoms with Crippen LogP contribution < -0.4 is 0 Å². The molecule has 3 aromatic heterocycles. The van der Waals surface area contributed by atoms with Crippen molar-refractivity contribution in [1.29, 1.82) is 0 Å². The minimum atomic E-state index is 0.791. The number of hydrogen-bond acceptors (Lipinski definition) is 6. The summed E-state index contributed by atoms with van der Waals surface area (Å²) in [6, 6.07) is 10.7. The molecule has 4 rings (SSSR count). The van der Waals surface area contributed by atoms with Crippen molar-refractivity contribution in [2.75, 3.05) is 0 Å². The summed E-state index contributed by atoms with van der Waals surface area (Å²) in [5.74, 6) is 1.72. The molecule has 7 heteroatoms. The smallest absolute Gasteiger partial charge is 0.191 e. The van der Waals surface area contributed by atoms with Gasteiger partial charge in [0.05, 0.1) is 5.69 Å². The molecule has 0 aliphatic carbocycles. The average Bonchev–Trinajstić information content (AvgIpc) is 3.41. The lowest BCUT2D eigenvalue weighted by Gasteiger charge is -2.01. The predicted octanol–water partition coefficient (Wildman–Crippen LogP) is 6.22. The molecule has 144 valence electrons. The lowest BCUT2D eigenvalue weighted by molar-refractivity contribution is 0.793. The first-order valence-electron chi connectivity index (χ1n) is 9.25. The van der Waals surface area contributed by atoms with Crippen molar-refractivity contribution >= 4 is 34.4 Å². The van der Waals surface area contributed by atoms with Crippen LogP contribution in [0.4, 0.5) is 0 Å². The van der Waals surface area contributed by atoms with Crippen LogP contribution in [0.3, 0.4) is 0 Å². The van der Waals surface area contributed by atoms with Gasteiger partial charge in [-0.25, -0.2) is 4.98 Å². The Morgan fingerprint density at radius 3 is 2.79 bits per heavy atom. The molecule has 0 N–H and O–H groups in total. The van der Waals surface area contributed by atoms with Gasteiger partial charge in [-0.3, -0.25) is 0 Å². The highest BCUT2D eigenvalue weighted by Gasteiger charge is 2.14. The van der Waals surface area contributed by atoms with E-state index in [1.165, 1.54) is 16.0 Å². The maximum Gasteiger partial charge on any atom is 0.191 e. The van der Waals surface area contributed by atoms with Gasteiger partial charge in [-0.2, -0.15) is 0 Å². The van der Waals surface area contributed by atoms with Crippen LogP contribution in [0.1, 0.15) is 29.5 Å². The van der Waals surface area contributed by atoms with Gasteiger partial charge in [-0.05, 0) is 25.5 Å². The molecule has 4 aromatic rings. The second-order valence-electron chi connectivity index (χ2n) is 6.72. The summed E-state index contributed by atoms with van der Waals surface area (Å²) >= 11 is 5.18. The summed E-state index contributed by atoms with van der Waals surface area (Å²) in [5, 5.41) is 15.1. The average molecular weight is 427 g/mol.